The third-order valence-corrected chi connectivity index (χ3v) is 5.54. The molecule has 3 nitrogen and oxygen atoms in total. The molecule has 0 aliphatic carbocycles. The fourth-order valence-corrected chi connectivity index (χ4v) is 2.90. The second-order valence-corrected chi connectivity index (χ2v) is 8.45. The minimum Gasteiger partial charge on any atom is -0.489 e. The predicted molar refractivity (Wildman–Crippen MR) is 107 cm³/mol. The summed E-state index contributed by atoms with van der Waals surface area (Å²) < 4.78 is 32.1. The van der Waals surface area contributed by atoms with E-state index in [1.165, 1.54) is 0 Å². The zero-order valence-corrected chi connectivity index (χ0v) is 17.0. The Morgan fingerprint density at radius 3 is 2.07 bits per heavy atom. The van der Waals surface area contributed by atoms with Gasteiger partial charge < -0.3 is 14.0 Å². The van der Waals surface area contributed by atoms with E-state index >= 15 is 0 Å². The van der Waals surface area contributed by atoms with Crippen LogP contribution < -0.4 is 10.2 Å². The van der Waals surface area contributed by atoms with Crippen LogP contribution in [-0.4, -0.2) is 18.3 Å². The minimum absolute atomic E-state index is 0.194. The Labute approximate surface area is 162 Å². The van der Waals surface area contributed by atoms with Gasteiger partial charge in [-0.25, -0.2) is 4.39 Å². The lowest BCUT2D eigenvalue weighted by molar-refractivity contribution is 0.00578. The van der Waals surface area contributed by atoms with E-state index < -0.39 is 7.12 Å². The van der Waals surface area contributed by atoms with Crippen LogP contribution in [-0.2, 0) is 15.9 Å². The van der Waals surface area contributed by atoms with Crippen LogP contribution in [0.5, 0.6) is 5.75 Å². The van der Waals surface area contributed by atoms with Gasteiger partial charge in [0.15, 0.2) is 0 Å². The number of rotatable bonds is 5. The quantitative estimate of drug-likeness (QED) is 0.706. The Balaban J connectivity index is 1.64. The summed E-state index contributed by atoms with van der Waals surface area (Å²) in [4.78, 5) is 0. The molecule has 1 fully saturated rings. The first kappa shape index (κ1) is 19.9. The van der Waals surface area contributed by atoms with Gasteiger partial charge in [-0.1, -0.05) is 38.1 Å². The highest BCUT2D eigenvalue weighted by molar-refractivity contribution is 6.62. The molecule has 0 amide bonds. The molecule has 0 radical (unpaired) electrons. The molecule has 1 aliphatic heterocycles. The predicted octanol–water partition coefficient (Wildman–Crippen LogP) is 4.83. The van der Waals surface area contributed by atoms with E-state index in [9.17, 15) is 4.39 Å². The molecule has 0 unspecified atom stereocenters. The van der Waals surface area contributed by atoms with E-state index in [1.807, 2.05) is 71.9 Å². The number of benzene rings is 2. The lowest BCUT2D eigenvalue weighted by Gasteiger charge is -2.32. The van der Waals surface area contributed by atoms with Crippen LogP contribution >= 0.6 is 0 Å². The molecule has 5 heteroatoms. The van der Waals surface area contributed by atoms with Gasteiger partial charge in [0.2, 0.25) is 0 Å². The maximum absolute atomic E-state index is 14.2. The maximum atomic E-state index is 14.2. The third kappa shape index (κ3) is 4.20. The van der Waals surface area contributed by atoms with Crippen molar-refractivity contribution in [3.8, 4) is 5.75 Å². The lowest BCUT2D eigenvalue weighted by Crippen LogP contribution is -2.41. The molecule has 0 saturated carbocycles. The molecule has 27 heavy (non-hydrogen) atoms. The Hall–Kier alpha value is -1.85. The van der Waals surface area contributed by atoms with Crippen molar-refractivity contribution in [3.05, 3.63) is 59.4 Å². The molecule has 144 valence electrons. The van der Waals surface area contributed by atoms with Gasteiger partial charge in [-0.2, -0.15) is 0 Å². The first-order valence-corrected chi connectivity index (χ1v) is 9.46. The number of ether oxygens (including phenoxy) is 1. The molecule has 1 saturated heterocycles. The molecule has 0 bridgehead atoms. The molecule has 2 aromatic carbocycles. The largest absolute Gasteiger partial charge is 0.494 e. The van der Waals surface area contributed by atoms with Gasteiger partial charge in [0.25, 0.3) is 0 Å². The Kier molecular flexibility index (Phi) is 5.37. The van der Waals surface area contributed by atoms with Crippen LogP contribution in [0, 0.1) is 5.82 Å². The van der Waals surface area contributed by atoms with Gasteiger partial charge in [-0.3, -0.25) is 0 Å². The summed E-state index contributed by atoms with van der Waals surface area (Å²) in [5.74, 6) is 0.759. The van der Waals surface area contributed by atoms with Gasteiger partial charge in [0.1, 0.15) is 18.2 Å². The highest BCUT2D eigenvalue weighted by atomic mass is 19.1. The molecule has 0 atom stereocenters. The van der Waals surface area contributed by atoms with Gasteiger partial charge in [-0.05, 0) is 62.8 Å². The number of halogens is 1. The van der Waals surface area contributed by atoms with Crippen molar-refractivity contribution in [3.63, 3.8) is 0 Å². The van der Waals surface area contributed by atoms with E-state index in [4.69, 9.17) is 14.0 Å². The molecule has 3 rings (SSSR count). The summed E-state index contributed by atoms with van der Waals surface area (Å²) in [6.07, 6.45) is 0. The van der Waals surface area contributed by atoms with Crippen LogP contribution in [0.3, 0.4) is 0 Å². The maximum Gasteiger partial charge on any atom is 0.494 e. The molecule has 1 heterocycles. The topological polar surface area (TPSA) is 27.7 Å². The van der Waals surface area contributed by atoms with Crippen molar-refractivity contribution in [2.24, 2.45) is 0 Å². The van der Waals surface area contributed by atoms with Crippen LogP contribution in [0.1, 0.15) is 58.6 Å². The number of hydrogen-bond acceptors (Lipinski definition) is 3. The van der Waals surface area contributed by atoms with E-state index in [2.05, 4.69) is 0 Å². The highest BCUT2D eigenvalue weighted by Gasteiger charge is 2.51. The van der Waals surface area contributed by atoms with Gasteiger partial charge in [0, 0.05) is 5.56 Å². The zero-order valence-electron chi connectivity index (χ0n) is 17.0. The first-order chi connectivity index (χ1) is 12.6. The molecule has 0 N–H and O–H groups in total. The normalized spacial score (nSPS) is 18.1. The first-order valence-electron chi connectivity index (χ1n) is 9.46. The average molecular weight is 370 g/mol. The van der Waals surface area contributed by atoms with Crippen molar-refractivity contribution in [1.29, 1.82) is 0 Å². The molecule has 1 aliphatic rings. The Morgan fingerprint density at radius 2 is 1.56 bits per heavy atom. The minimum atomic E-state index is -0.398. The SMILES string of the molecule is CC(C)c1ccc(COc2ccc(B3OC(C)(C)C(C)(C)O3)cc2)c(F)c1. The monoisotopic (exact) mass is 370 g/mol. The fraction of sp³-hybridized carbons (Fsp3) is 0.455. The summed E-state index contributed by atoms with van der Waals surface area (Å²) in [5, 5.41) is 0. The summed E-state index contributed by atoms with van der Waals surface area (Å²) >= 11 is 0. The zero-order chi connectivity index (χ0) is 19.8. The highest BCUT2D eigenvalue weighted by Crippen LogP contribution is 2.36. The summed E-state index contributed by atoms with van der Waals surface area (Å²) in [7, 11) is -0.398. The van der Waals surface area contributed by atoms with E-state index in [0.717, 1.165) is 11.0 Å². The lowest BCUT2D eigenvalue weighted by atomic mass is 9.79. The fourth-order valence-electron chi connectivity index (χ4n) is 2.90. The Bertz CT molecular complexity index is 784. The van der Waals surface area contributed by atoms with E-state index in [0.29, 0.717) is 17.2 Å². The van der Waals surface area contributed by atoms with Crippen LogP contribution in [0.2, 0.25) is 0 Å². The van der Waals surface area contributed by atoms with Gasteiger partial charge >= 0.3 is 7.12 Å². The second kappa shape index (κ2) is 7.29. The van der Waals surface area contributed by atoms with Crippen molar-refractivity contribution in [2.75, 3.05) is 0 Å². The van der Waals surface area contributed by atoms with Crippen LogP contribution in [0.4, 0.5) is 4.39 Å². The van der Waals surface area contributed by atoms with Gasteiger partial charge in [-0.15, -0.1) is 0 Å². The number of hydrogen-bond donors (Lipinski definition) is 0. The van der Waals surface area contributed by atoms with Crippen LogP contribution in [0.15, 0.2) is 42.5 Å². The standard InChI is InChI=1S/C22H28BFO3/c1-15(2)16-7-8-17(20(24)13-16)14-25-19-11-9-18(10-12-19)23-26-21(3,4)22(5,6)27-23/h7-13,15H,14H2,1-6H3. The van der Waals surface area contributed by atoms with E-state index in [1.54, 1.807) is 12.1 Å². The summed E-state index contributed by atoms with van der Waals surface area (Å²) in [6.45, 7) is 12.4. The molecular formula is C22H28BFO3. The van der Waals surface area contributed by atoms with Crippen molar-refractivity contribution < 1.29 is 18.4 Å². The van der Waals surface area contributed by atoms with E-state index in [-0.39, 0.29) is 23.6 Å². The molecule has 0 spiro atoms. The molecular weight excluding hydrogens is 342 g/mol. The van der Waals surface area contributed by atoms with Crippen molar-refractivity contribution in [2.45, 2.75) is 65.3 Å². The van der Waals surface area contributed by atoms with Crippen molar-refractivity contribution >= 4 is 12.6 Å². The second-order valence-electron chi connectivity index (χ2n) is 8.45. The average Bonchev–Trinajstić information content (AvgIpc) is 2.82. The molecule has 2 aromatic rings. The summed E-state index contributed by atoms with van der Waals surface area (Å²) in [5.41, 5.74) is 1.74. The Morgan fingerprint density at radius 1 is 0.963 bits per heavy atom. The van der Waals surface area contributed by atoms with Crippen molar-refractivity contribution in [1.82, 2.24) is 0 Å². The third-order valence-electron chi connectivity index (χ3n) is 5.54. The van der Waals surface area contributed by atoms with Gasteiger partial charge in [0.05, 0.1) is 11.2 Å². The molecule has 0 aromatic heterocycles. The van der Waals surface area contributed by atoms with Crippen LogP contribution in [0.25, 0.3) is 0 Å². The smallest absolute Gasteiger partial charge is 0.489 e. The summed E-state index contributed by atoms with van der Waals surface area (Å²) in [6, 6.07) is 12.9.